The standard InChI is InChI=1S/C25H27NO4/c1-17(13-14-19-9-5-4-6-10-19)26-24(27)18(2)30-25(28)22-15-20-11-7-8-12-21(20)16-23(22)29-3/h4-12,15-18H,13-14H2,1-3H3,(H,26,27)/t17-,18-/m0/s1. The highest BCUT2D eigenvalue weighted by atomic mass is 16.5. The average molecular weight is 405 g/mol. The number of rotatable bonds is 8. The maximum absolute atomic E-state index is 12.7. The molecule has 0 spiro atoms. The van der Waals surface area contributed by atoms with Crippen LogP contribution in [-0.4, -0.2) is 31.1 Å². The molecule has 5 heteroatoms. The summed E-state index contributed by atoms with van der Waals surface area (Å²) in [4.78, 5) is 25.2. The van der Waals surface area contributed by atoms with Crippen LogP contribution in [0.15, 0.2) is 66.7 Å². The summed E-state index contributed by atoms with van der Waals surface area (Å²) in [6, 6.07) is 21.3. The molecule has 156 valence electrons. The molecule has 0 aliphatic rings. The van der Waals surface area contributed by atoms with E-state index in [1.165, 1.54) is 12.7 Å². The van der Waals surface area contributed by atoms with Crippen molar-refractivity contribution >= 4 is 22.6 Å². The van der Waals surface area contributed by atoms with Gasteiger partial charge in [-0.3, -0.25) is 4.79 Å². The molecule has 0 fully saturated rings. The minimum atomic E-state index is -0.909. The number of carbonyl (C=O) groups is 2. The molecule has 3 aromatic rings. The lowest BCUT2D eigenvalue weighted by Gasteiger charge is -2.18. The van der Waals surface area contributed by atoms with E-state index in [0.717, 1.165) is 23.6 Å². The van der Waals surface area contributed by atoms with E-state index in [1.54, 1.807) is 19.1 Å². The van der Waals surface area contributed by atoms with Crippen LogP contribution in [0.3, 0.4) is 0 Å². The van der Waals surface area contributed by atoms with Gasteiger partial charge in [0.2, 0.25) is 0 Å². The van der Waals surface area contributed by atoms with E-state index in [4.69, 9.17) is 9.47 Å². The van der Waals surface area contributed by atoms with Gasteiger partial charge < -0.3 is 14.8 Å². The van der Waals surface area contributed by atoms with Gasteiger partial charge >= 0.3 is 5.97 Å². The fourth-order valence-electron chi connectivity index (χ4n) is 3.29. The predicted octanol–water partition coefficient (Wildman–Crippen LogP) is 4.53. The molecule has 1 amide bonds. The van der Waals surface area contributed by atoms with E-state index < -0.39 is 12.1 Å². The van der Waals surface area contributed by atoms with Crippen molar-refractivity contribution in [3.05, 3.63) is 77.9 Å². The van der Waals surface area contributed by atoms with Gasteiger partial charge in [0.15, 0.2) is 6.10 Å². The largest absolute Gasteiger partial charge is 0.496 e. The summed E-state index contributed by atoms with van der Waals surface area (Å²) in [6.07, 6.45) is 0.757. The molecule has 3 rings (SSSR count). The van der Waals surface area contributed by atoms with E-state index in [0.29, 0.717) is 11.3 Å². The zero-order valence-electron chi connectivity index (χ0n) is 17.6. The molecule has 0 aromatic heterocycles. The van der Waals surface area contributed by atoms with Crippen LogP contribution in [0.1, 0.15) is 36.2 Å². The number of carbonyl (C=O) groups excluding carboxylic acids is 2. The predicted molar refractivity (Wildman–Crippen MR) is 118 cm³/mol. The van der Waals surface area contributed by atoms with Gasteiger partial charge in [-0.1, -0.05) is 54.6 Å². The Hall–Kier alpha value is -3.34. The first kappa shape index (κ1) is 21.4. The van der Waals surface area contributed by atoms with Crippen molar-refractivity contribution < 1.29 is 19.1 Å². The molecule has 3 aromatic carbocycles. The van der Waals surface area contributed by atoms with Gasteiger partial charge in [-0.15, -0.1) is 0 Å². The molecule has 0 saturated heterocycles. The number of benzene rings is 3. The van der Waals surface area contributed by atoms with Crippen molar-refractivity contribution in [1.29, 1.82) is 0 Å². The highest BCUT2D eigenvalue weighted by molar-refractivity contribution is 5.99. The Morgan fingerprint density at radius 1 is 0.933 bits per heavy atom. The van der Waals surface area contributed by atoms with Crippen molar-refractivity contribution in [1.82, 2.24) is 5.32 Å². The summed E-state index contributed by atoms with van der Waals surface area (Å²) in [5, 5.41) is 4.78. The zero-order chi connectivity index (χ0) is 21.5. The number of amides is 1. The summed E-state index contributed by atoms with van der Waals surface area (Å²) in [5.41, 5.74) is 1.52. The molecule has 0 aliphatic carbocycles. The van der Waals surface area contributed by atoms with Crippen molar-refractivity contribution in [3.8, 4) is 5.75 Å². The third-order valence-corrected chi connectivity index (χ3v) is 5.04. The van der Waals surface area contributed by atoms with Crippen LogP contribution in [0.2, 0.25) is 0 Å². The monoisotopic (exact) mass is 405 g/mol. The van der Waals surface area contributed by atoms with Crippen LogP contribution in [0, 0.1) is 0 Å². The van der Waals surface area contributed by atoms with Gasteiger partial charge in [-0.25, -0.2) is 4.79 Å². The van der Waals surface area contributed by atoms with Crippen molar-refractivity contribution in [2.24, 2.45) is 0 Å². The maximum atomic E-state index is 12.7. The molecule has 0 unspecified atom stereocenters. The number of nitrogens with one attached hydrogen (secondary N) is 1. The Labute approximate surface area is 177 Å². The molecule has 0 aliphatic heterocycles. The fraction of sp³-hybridized carbons (Fsp3) is 0.280. The Bertz CT molecular complexity index is 1020. The first-order valence-corrected chi connectivity index (χ1v) is 10.1. The van der Waals surface area contributed by atoms with E-state index in [2.05, 4.69) is 17.4 Å². The fourth-order valence-corrected chi connectivity index (χ4v) is 3.29. The van der Waals surface area contributed by atoms with E-state index in [-0.39, 0.29) is 11.9 Å². The zero-order valence-corrected chi connectivity index (χ0v) is 17.6. The van der Waals surface area contributed by atoms with E-state index >= 15 is 0 Å². The highest BCUT2D eigenvalue weighted by Crippen LogP contribution is 2.26. The van der Waals surface area contributed by atoms with Gasteiger partial charge in [-0.05, 0) is 55.2 Å². The van der Waals surface area contributed by atoms with Crippen molar-refractivity contribution in [2.45, 2.75) is 38.8 Å². The SMILES string of the molecule is COc1cc2ccccc2cc1C(=O)O[C@@H](C)C(=O)N[C@@H](C)CCc1ccccc1. The Morgan fingerprint density at radius 3 is 2.23 bits per heavy atom. The minimum Gasteiger partial charge on any atom is -0.496 e. The average Bonchev–Trinajstić information content (AvgIpc) is 2.77. The lowest BCUT2D eigenvalue weighted by molar-refractivity contribution is -0.129. The van der Waals surface area contributed by atoms with E-state index in [9.17, 15) is 9.59 Å². The quantitative estimate of drug-likeness (QED) is 0.559. The number of aryl methyl sites for hydroxylation is 1. The van der Waals surface area contributed by atoms with Crippen molar-refractivity contribution in [2.75, 3.05) is 7.11 Å². The van der Waals surface area contributed by atoms with Crippen LogP contribution in [-0.2, 0) is 16.0 Å². The lowest BCUT2D eigenvalue weighted by Crippen LogP contribution is -2.41. The normalized spacial score (nSPS) is 12.8. The molecule has 0 heterocycles. The topological polar surface area (TPSA) is 64.6 Å². The maximum Gasteiger partial charge on any atom is 0.342 e. The molecular formula is C25H27NO4. The van der Waals surface area contributed by atoms with Crippen LogP contribution in [0.4, 0.5) is 0 Å². The summed E-state index contributed by atoms with van der Waals surface area (Å²) in [5.74, 6) is -0.483. The second-order valence-electron chi connectivity index (χ2n) is 7.38. The smallest absolute Gasteiger partial charge is 0.342 e. The summed E-state index contributed by atoms with van der Waals surface area (Å²) in [6.45, 7) is 3.52. The van der Waals surface area contributed by atoms with Crippen LogP contribution in [0.25, 0.3) is 10.8 Å². The molecule has 1 N–H and O–H groups in total. The first-order chi connectivity index (χ1) is 14.5. The van der Waals surface area contributed by atoms with Gasteiger partial charge in [-0.2, -0.15) is 0 Å². The molecule has 0 radical (unpaired) electrons. The molecule has 0 bridgehead atoms. The van der Waals surface area contributed by atoms with Crippen LogP contribution < -0.4 is 10.1 Å². The Morgan fingerprint density at radius 2 is 1.57 bits per heavy atom. The molecule has 2 atom stereocenters. The van der Waals surface area contributed by atoms with Gasteiger partial charge in [0.1, 0.15) is 11.3 Å². The number of hydrogen-bond donors (Lipinski definition) is 1. The summed E-state index contributed by atoms with van der Waals surface area (Å²) in [7, 11) is 1.51. The lowest BCUT2D eigenvalue weighted by atomic mass is 10.1. The summed E-state index contributed by atoms with van der Waals surface area (Å²) < 4.78 is 10.8. The van der Waals surface area contributed by atoms with Gasteiger partial charge in [0.25, 0.3) is 5.91 Å². The number of esters is 1. The molecule has 0 saturated carbocycles. The number of ether oxygens (including phenoxy) is 2. The first-order valence-electron chi connectivity index (χ1n) is 10.1. The number of hydrogen-bond acceptors (Lipinski definition) is 4. The number of fused-ring (bicyclic) bond motifs is 1. The Balaban J connectivity index is 1.59. The molecular weight excluding hydrogens is 378 g/mol. The van der Waals surface area contributed by atoms with Crippen LogP contribution in [0.5, 0.6) is 5.75 Å². The van der Waals surface area contributed by atoms with Gasteiger partial charge in [0.05, 0.1) is 7.11 Å². The summed E-state index contributed by atoms with van der Waals surface area (Å²) >= 11 is 0. The second-order valence-corrected chi connectivity index (χ2v) is 7.38. The number of methoxy groups -OCH3 is 1. The van der Waals surface area contributed by atoms with Gasteiger partial charge in [0, 0.05) is 6.04 Å². The highest BCUT2D eigenvalue weighted by Gasteiger charge is 2.23. The minimum absolute atomic E-state index is 0.0333. The van der Waals surface area contributed by atoms with E-state index in [1.807, 2.05) is 49.4 Å². The molecule has 5 nitrogen and oxygen atoms in total. The van der Waals surface area contributed by atoms with Crippen molar-refractivity contribution in [3.63, 3.8) is 0 Å². The molecule has 30 heavy (non-hydrogen) atoms. The third kappa shape index (κ3) is 5.38. The third-order valence-electron chi connectivity index (χ3n) is 5.04. The Kier molecular flexibility index (Phi) is 7.07. The second kappa shape index (κ2) is 9.92. The van der Waals surface area contributed by atoms with Crippen LogP contribution >= 0.6 is 0 Å².